The Morgan fingerprint density at radius 1 is 1.00 bits per heavy atom. The summed E-state index contributed by atoms with van der Waals surface area (Å²) in [5.74, 6) is 1.83. The zero-order valence-electron chi connectivity index (χ0n) is 10.4. The van der Waals surface area contributed by atoms with Crippen molar-refractivity contribution < 1.29 is 9.47 Å². The number of ether oxygens (including phenoxy) is 2. The molecule has 0 aromatic rings. The molecule has 2 rings (SSSR count). The summed E-state index contributed by atoms with van der Waals surface area (Å²) in [5, 5.41) is 0. The molecule has 2 nitrogen and oxygen atoms in total. The zero-order valence-corrected chi connectivity index (χ0v) is 10.4. The van der Waals surface area contributed by atoms with E-state index in [9.17, 15) is 0 Å². The molecule has 0 N–H and O–H groups in total. The molecule has 2 heteroatoms. The fraction of sp³-hybridized carbons (Fsp3) is 0.929. The third kappa shape index (κ3) is 4.42. The van der Waals surface area contributed by atoms with Crippen molar-refractivity contribution in [2.75, 3.05) is 19.8 Å². The minimum Gasteiger partial charge on any atom is -0.376 e. The van der Waals surface area contributed by atoms with Gasteiger partial charge in [-0.25, -0.2) is 0 Å². The Bertz CT molecular complexity index is 150. The molecule has 1 saturated heterocycles. The zero-order chi connectivity index (χ0) is 11.1. The first-order valence-corrected chi connectivity index (χ1v) is 6.98. The second kappa shape index (κ2) is 7.29. The highest BCUT2D eigenvalue weighted by atomic mass is 16.6. The van der Waals surface area contributed by atoms with Crippen LogP contribution in [0.2, 0.25) is 0 Å². The predicted octanol–water partition coefficient (Wildman–Crippen LogP) is 3.50. The van der Waals surface area contributed by atoms with Gasteiger partial charge in [0.15, 0.2) is 0 Å². The van der Waals surface area contributed by atoms with Crippen LogP contribution in [0, 0.1) is 5.92 Å². The van der Waals surface area contributed by atoms with Crippen LogP contribution in [0.3, 0.4) is 0 Å². The van der Waals surface area contributed by atoms with Crippen molar-refractivity contribution in [2.45, 2.75) is 63.9 Å². The summed E-state index contributed by atoms with van der Waals surface area (Å²) in [7, 11) is 0. The molecule has 1 saturated carbocycles. The summed E-state index contributed by atoms with van der Waals surface area (Å²) in [6, 6.07) is 0. The van der Waals surface area contributed by atoms with Gasteiger partial charge >= 0.3 is 0 Å². The molecule has 1 radical (unpaired) electrons. The average molecular weight is 225 g/mol. The van der Waals surface area contributed by atoms with Gasteiger partial charge in [0.05, 0.1) is 25.9 Å². The number of rotatable bonds is 5. The normalized spacial score (nSPS) is 28.1. The minimum absolute atomic E-state index is 0.380. The van der Waals surface area contributed by atoms with Gasteiger partial charge in [-0.05, 0) is 31.6 Å². The Morgan fingerprint density at radius 3 is 2.62 bits per heavy atom. The third-order valence-electron chi connectivity index (χ3n) is 3.75. The van der Waals surface area contributed by atoms with Gasteiger partial charge in [-0.1, -0.05) is 32.1 Å². The molecule has 1 aliphatic heterocycles. The lowest BCUT2D eigenvalue weighted by Gasteiger charge is -2.24. The van der Waals surface area contributed by atoms with Crippen molar-refractivity contribution in [3.8, 4) is 0 Å². The van der Waals surface area contributed by atoms with Crippen LogP contribution in [0.4, 0.5) is 0 Å². The van der Waals surface area contributed by atoms with Gasteiger partial charge in [-0.15, -0.1) is 0 Å². The number of hydrogen-bond acceptors (Lipinski definition) is 2. The molecule has 1 atom stereocenters. The Balaban J connectivity index is 1.47. The Kier molecular flexibility index (Phi) is 5.64. The smallest absolute Gasteiger partial charge is 0.0809 e. The molecular formula is C14H25O2. The summed E-state index contributed by atoms with van der Waals surface area (Å²) in [4.78, 5) is 0. The maximum atomic E-state index is 5.64. The Labute approximate surface area is 99.7 Å². The van der Waals surface area contributed by atoms with E-state index >= 15 is 0 Å². The molecule has 93 valence electrons. The second-order valence-electron chi connectivity index (χ2n) is 5.12. The lowest BCUT2D eigenvalue weighted by Crippen LogP contribution is -2.28. The molecule has 2 aliphatic rings. The van der Waals surface area contributed by atoms with Crippen LogP contribution in [0.25, 0.3) is 0 Å². The van der Waals surface area contributed by atoms with Crippen molar-refractivity contribution in [1.82, 2.24) is 0 Å². The van der Waals surface area contributed by atoms with E-state index in [-0.39, 0.29) is 0 Å². The predicted molar refractivity (Wildman–Crippen MR) is 65.4 cm³/mol. The van der Waals surface area contributed by atoms with Gasteiger partial charge in [0.25, 0.3) is 0 Å². The molecule has 1 unspecified atom stereocenters. The SMILES string of the molecule is C1CC[C](CCCCC2COCCO2)CC1. The average Bonchev–Trinajstić information content (AvgIpc) is 2.37. The van der Waals surface area contributed by atoms with E-state index in [2.05, 4.69) is 0 Å². The van der Waals surface area contributed by atoms with E-state index in [4.69, 9.17) is 9.47 Å². The van der Waals surface area contributed by atoms with Crippen molar-refractivity contribution >= 4 is 0 Å². The van der Waals surface area contributed by atoms with Crippen molar-refractivity contribution in [1.29, 1.82) is 0 Å². The van der Waals surface area contributed by atoms with Gasteiger partial charge in [0.1, 0.15) is 0 Å². The standard InChI is InChI=1S/C14H25O2/c1-2-6-13(7-3-1)8-4-5-9-14-12-15-10-11-16-14/h14H,1-12H2. The van der Waals surface area contributed by atoms with Crippen LogP contribution < -0.4 is 0 Å². The number of hydrogen-bond donors (Lipinski definition) is 0. The van der Waals surface area contributed by atoms with E-state index in [0.717, 1.165) is 19.8 Å². The van der Waals surface area contributed by atoms with Gasteiger partial charge < -0.3 is 9.47 Å². The van der Waals surface area contributed by atoms with Gasteiger partial charge in [0.2, 0.25) is 0 Å². The van der Waals surface area contributed by atoms with Crippen LogP contribution in [0.1, 0.15) is 57.8 Å². The lowest BCUT2D eigenvalue weighted by molar-refractivity contribution is -0.0912. The minimum atomic E-state index is 0.380. The van der Waals surface area contributed by atoms with Crippen LogP contribution >= 0.6 is 0 Å². The maximum Gasteiger partial charge on any atom is 0.0809 e. The van der Waals surface area contributed by atoms with Gasteiger partial charge in [-0.3, -0.25) is 0 Å². The molecule has 0 spiro atoms. The molecule has 1 aliphatic carbocycles. The highest BCUT2D eigenvalue weighted by Gasteiger charge is 2.15. The highest BCUT2D eigenvalue weighted by molar-refractivity contribution is 4.91. The number of unbranched alkanes of at least 4 members (excludes halogenated alkanes) is 1. The van der Waals surface area contributed by atoms with E-state index in [1.54, 1.807) is 0 Å². The second-order valence-corrected chi connectivity index (χ2v) is 5.12. The molecule has 0 aromatic heterocycles. The van der Waals surface area contributed by atoms with Crippen molar-refractivity contribution in [3.05, 3.63) is 5.92 Å². The molecule has 1 heterocycles. The monoisotopic (exact) mass is 225 g/mol. The molecular weight excluding hydrogens is 200 g/mol. The third-order valence-corrected chi connectivity index (χ3v) is 3.75. The Morgan fingerprint density at radius 2 is 1.88 bits per heavy atom. The summed E-state index contributed by atoms with van der Waals surface area (Å²) in [5.41, 5.74) is 0. The fourth-order valence-corrected chi connectivity index (χ4v) is 2.75. The molecule has 0 bridgehead atoms. The summed E-state index contributed by atoms with van der Waals surface area (Å²) < 4.78 is 11.0. The van der Waals surface area contributed by atoms with E-state index < -0.39 is 0 Å². The van der Waals surface area contributed by atoms with Gasteiger partial charge in [-0.2, -0.15) is 0 Å². The van der Waals surface area contributed by atoms with Gasteiger partial charge in [0, 0.05) is 0 Å². The van der Waals surface area contributed by atoms with Crippen molar-refractivity contribution in [2.24, 2.45) is 0 Å². The topological polar surface area (TPSA) is 18.5 Å². The highest BCUT2D eigenvalue weighted by Crippen LogP contribution is 2.30. The lowest BCUT2D eigenvalue weighted by atomic mass is 9.85. The molecule has 0 amide bonds. The van der Waals surface area contributed by atoms with Crippen LogP contribution in [0.15, 0.2) is 0 Å². The first kappa shape index (κ1) is 12.4. The summed E-state index contributed by atoms with van der Waals surface area (Å²) in [6.07, 6.45) is 12.7. The molecule has 16 heavy (non-hydrogen) atoms. The largest absolute Gasteiger partial charge is 0.376 e. The molecule has 2 fully saturated rings. The van der Waals surface area contributed by atoms with Crippen LogP contribution in [-0.2, 0) is 9.47 Å². The summed E-state index contributed by atoms with van der Waals surface area (Å²) in [6.45, 7) is 2.40. The molecule has 0 aromatic carbocycles. The maximum absolute atomic E-state index is 5.64. The van der Waals surface area contributed by atoms with Crippen LogP contribution in [-0.4, -0.2) is 25.9 Å². The first-order chi connectivity index (χ1) is 7.95. The van der Waals surface area contributed by atoms with E-state index in [1.165, 1.54) is 57.8 Å². The summed E-state index contributed by atoms with van der Waals surface area (Å²) >= 11 is 0. The Hall–Kier alpha value is -0.0800. The van der Waals surface area contributed by atoms with Crippen LogP contribution in [0.5, 0.6) is 0 Å². The van der Waals surface area contributed by atoms with Crippen molar-refractivity contribution in [3.63, 3.8) is 0 Å². The van der Waals surface area contributed by atoms with E-state index in [1.807, 2.05) is 5.92 Å². The quantitative estimate of drug-likeness (QED) is 0.667. The first-order valence-electron chi connectivity index (χ1n) is 6.98. The van der Waals surface area contributed by atoms with E-state index in [0.29, 0.717) is 6.10 Å². The fourth-order valence-electron chi connectivity index (χ4n) is 2.75.